The third kappa shape index (κ3) is 5.12. The van der Waals surface area contributed by atoms with E-state index in [1.165, 1.54) is 0 Å². The number of ether oxygens (including phenoxy) is 1. The number of alkyl halides is 1. The van der Waals surface area contributed by atoms with Crippen molar-refractivity contribution in [2.45, 2.75) is 11.8 Å². The van der Waals surface area contributed by atoms with Gasteiger partial charge >= 0.3 is 0 Å². The van der Waals surface area contributed by atoms with Gasteiger partial charge in [0.2, 0.25) is 5.91 Å². The lowest BCUT2D eigenvalue weighted by molar-refractivity contribution is -0.120. The van der Waals surface area contributed by atoms with Crippen molar-refractivity contribution >= 4 is 17.5 Å². The van der Waals surface area contributed by atoms with E-state index in [9.17, 15) is 4.79 Å². The number of para-hydroxylation sites is 1. The van der Waals surface area contributed by atoms with Gasteiger partial charge in [-0.3, -0.25) is 4.79 Å². The van der Waals surface area contributed by atoms with E-state index < -0.39 is 5.38 Å². The average Bonchev–Trinajstić information content (AvgIpc) is 2.55. The Balaban J connectivity index is 1.65. The molecule has 0 aromatic heterocycles. The Kier molecular flexibility index (Phi) is 6.10. The molecular formula is C17H18ClNO2. The molecule has 2 aromatic rings. The second kappa shape index (κ2) is 8.32. The smallest absolute Gasteiger partial charge is 0.242 e. The maximum Gasteiger partial charge on any atom is 0.242 e. The van der Waals surface area contributed by atoms with Crippen molar-refractivity contribution in [2.24, 2.45) is 0 Å². The van der Waals surface area contributed by atoms with Crippen molar-refractivity contribution in [3.8, 4) is 5.75 Å². The minimum atomic E-state index is -0.652. The zero-order valence-corrected chi connectivity index (χ0v) is 12.4. The molecule has 110 valence electrons. The van der Waals surface area contributed by atoms with E-state index in [1.54, 1.807) is 0 Å². The molecule has 0 fully saturated rings. The van der Waals surface area contributed by atoms with Gasteiger partial charge in [0.05, 0.1) is 6.61 Å². The Morgan fingerprint density at radius 1 is 1.05 bits per heavy atom. The molecule has 0 spiro atoms. The van der Waals surface area contributed by atoms with E-state index in [4.69, 9.17) is 16.3 Å². The summed E-state index contributed by atoms with van der Waals surface area (Å²) < 4.78 is 5.55. The lowest BCUT2D eigenvalue weighted by atomic mass is 10.1. The lowest BCUT2D eigenvalue weighted by Gasteiger charge is -2.11. The van der Waals surface area contributed by atoms with Gasteiger partial charge in [0.25, 0.3) is 0 Å². The van der Waals surface area contributed by atoms with Crippen LogP contribution in [0.1, 0.15) is 17.4 Å². The summed E-state index contributed by atoms with van der Waals surface area (Å²) in [7, 11) is 0. The molecule has 4 heteroatoms. The molecule has 21 heavy (non-hydrogen) atoms. The zero-order chi connectivity index (χ0) is 14.9. The summed E-state index contributed by atoms with van der Waals surface area (Å²) in [5.41, 5.74) is 0.803. The highest BCUT2D eigenvalue weighted by Gasteiger charge is 2.16. The first-order valence-corrected chi connectivity index (χ1v) is 7.35. The predicted molar refractivity (Wildman–Crippen MR) is 84.6 cm³/mol. The highest BCUT2D eigenvalue weighted by Crippen LogP contribution is 2.19. The van der Waals surface area contributed by atoms with Crippen molar-refractivity contribution in [3.63, 3.8) is 0 Å². The summed E-state index contributed by atoms with van der Waals surface area (Å²) >= 11 is 6.12. The number of hydrogen-bond donors (Lipinski definition) is 1. The van der Waals surface area contributed by atoms with Crippen LogP contribution in [0, 0.1) is 0 Å². The maximum atomic E-state index is 11.9. The first-order chi connectivity index (χ1) is 10.3. The number of hydrogen-bond acceptors (Lipinski definition) is 2. The van der Waals surface area contributed by atoms with Crippen LogP contribution in [0.4, 0.5) is 0 Å². The molecule has 1 unspecified atom stereocenters. The zero-order valence-electron chi connectivity index (χ0n) is 11.7. The topological polar surface area (TPSA) is 38.3 Å². The number of carbonyl (C=O) groups excluding carboxylic acids is 1. The second-order valence-corrected chi connectivity index (χ2v) is 5.02. The van der Waals surface area contributed by atoms with Crippen molar-refractivity contribution in [1.82, 2.24) is 5.32 Å². The van der Waals surface area contributed by atoms with E-state index in [0.717, 1.165) is 17.7 Å². The summed E-state index contributed by atoms with van der Waals surface area (Å²) in [6.45, 7) is 1.10. The van der Waals surface area contributed by atoms with Crippen LogP contribution in [0.15, 0.2) is 60.7 Å². The first-order valence-electron chi connectivity index (χ1n) is 6.92. The van der Waals surface area contributed by atoms with Gasteiger partial charge in [-0.2, -0.15) is 0 Å². The number of carbonyl (C=O) groups is 1. The molecule has 2 rings (SSSR count). The molecule has 0 saturated heterocycles. The third-order valence-electron chi connectivity index (χ3n) is 2.95. The second-order valence-electron chi connectivity index (χ2n) is 4.58. The van der Waals surface area contributed by atoms with Crippen LogP contribution in [0.5, 0.6) is 5.75 Å². The van der Waals surface area contributed by atoms with Crippen LogP contribution in [0.2, 0.25) is 0 Å². The van der Waals surface area contributed by atoms with Crippen LogP contribution in [-0.4, -0.2) is 19.1 Å². The van der Waals surface area contributed by atoms with E-state index in [0.29, 0.717) is 13.2 Å². The number of halogens is 1. The Bertz CT molecular complexity index is 545. The van der Waals surface area contributed by atoms with E-state index >= 15 is 0 Å². The molecule has 1 amide bonds. The quantitative estimate of drug-likeness (QED) is 0.627. The normalized spacial score (nSPS) is 11.7. The Morgan fingerprint density at radius 3 is 2.33 bits per heavy atom. The fourth-order valence-corrected chi connectivity index (χ4v) is 2.08. The summed E-state index contributed by atoms with van der Waals surface area (Å²) in [4.78, 5) is 11.9. The molecule has 0 radical (unpaired) electrons. The molecule has 0 heterocycles. The van der Waals surface area contributed by atoms with Gasteiger partial charge in [-0.25, -0.2) is 0 Å². The molecule has 2 aromatic carbocycles. The minimum Gasteiger partial charge on any atom is -0.494 e. The fourth-order valence-electron chi connectivity index (χ4n) is 1.85. The van der Waals surface area contributed by atoms with E-state index in [2.05, 4.69) is 5.32 Å². The highest BCUT2D eigenvalue weighted by molar-refractivity contribution is 6.30. The van der Waals surface area contributed by atoms with Crippen molar-refractivity contribution in [3.05, 3.63) is 66.2 Å². The van der Waals surface area contributed by atoms with E-state index in [-0.39, 0.29) is 5.91 Å². The van der Waals surface area contributed by atoms with Crippen molar-refractivity contribution in [1.29, 1.82) is 0 Å². The average molecular weight is 304 g/mol. The Morgan fingerprint density at radius 2 is 1.67 bits per heavy atom. The van der Waals surface area contributed by atoms with Gasteiger partial charge in [0, 0.05) is 6.54 Å². The summed E-state index contributed by atoms with van der Waals surface area (Å²) in [5, 5.41) is 2.16. The molecule has 0 bridgehead atoms. The highest BCUT2D eigenvalue weighted by atomic mass is 35.5. The third-order valence-corrected chi connectivity index (χ3v) is 3.40. The molecule has 3 nitrogen and oxygen atoms in total. The minimum absolute atomic E-state index is 0.178. The fraction of sp³-hybridized carbons (Fsp3) is 0.235. The van der Waals surface area contributed by atoms with Crippen molar-refractivity contribution < 1.29 is 9.53 Å². The van der Waals surface area contributed by atoms with Crippen LogP contribution in [0.3, 0.4) is 0 Å². The van der Waals surface area contributed by atoms with Crippen LogP contribution < -0.4 is 10.1 Å². The number of amides is 1. The molecule has 1 atom stereocenters. The largest absolute Gasteiger partial charge is 0.494 e. The van der Waals surface area contributed by atoms with Gasteiger partial charge in [-0.05, 0) is 24.1 Å². The monoisotopic (exact) mass is 303 g/mol. The van der Waals surface area contributed by atoms with Gasteiger partial charge < -0.3 is 10.1 Å². The maximum absolute atomic E-state index is 11.9. The van der Waals surface area contributed by atoms with Crippen LogP contribution in [-0.2, 0) is 4.79 Å². The SMILES string of the molecule is O=C(NCCCOc1ccccc1)C(Cl)c1ccccc1. The van der Waals surface area contributed by atoms with Crippen LogP contribution in [0.25, 0.3) is 0 Å². The summed E-state index contributed by atoms with van der Waals surface area (Å²) in [5.74, 6) is 0.658. The Labute approximate surface area is 129 Å². The standard InChI is InChI=1S/C17H18ClNO2/c18-16(14-8-3-1-4-9-14)17(20)19-12-7-13-21-15-10-5-2-6-11-15/h1-6,8-11,16H,7,12-13H2,(H,19,20). The van der Waals surface area contributed by atoms with Gasteiger partial charge in [-0.15, -0.1) is 11.6 Å². The molecule has 0 saturated carbocycles. The number of nitrogens with one attached hydrogen (secondary N) is 1. The van der Waals surface area contributed by atoms with E-state index in [1.807, 2.05) is 60.7 Å². The predicted octanol–water partition coefficient (Wildman–Crippen LogP) is 3.55. The summed E-state index contributed by atoms with van der Waals surface area (Å²) in [6, 6.07) is 18.9. The molecule has 0 aliphatic heterocycles. The number of benzene rings is 2. The van der Waals surface area contributed by atoms with Gasteiger partial charge in [0.15, 0.2) is 0 Å². The van der Waals surface area contributed by atoms with Gasteiger partial charge in [-0.1, -0.05) is 48.5 Å². The molecule has 0 aliphatic rings. The van der Waals surface area contributed by atoms with Crippen molar-refractivity contribution in [2.75, 3.05) is 13.2 Å². The van der Waals surface area contributed by atoms with Crippen LogP contribution >= 0.6 is 11.6 Å². The molecular weight excluding hydrogens is 286 g/mol. The Hall–Kier alpha value is -2.00. The first kappa shape index (κ1) is 15.4. The molecule has 1 N–H and O–H groups in total. The molecule has 0 aliphatic carbocycles. The lowest BCUT2D eigenvalue weighted by Crippen LogP contribution is -2.28. The summed E-state index contributed by atoms with van der Waals surface area (Å²) in [6.07, 6.45) is 0.735. The number of rotatable bonds is 7. The van der Waals surface area contributed by atoms with Gasteiger partial charge in [0.1, 0.15) is 11.1 Å².